The lowest BCUT2D eigenvalue weighted by molar-refractivity contribution is 0.101. The van der Waals surface area contributed by atoms with Gasteiger partial charge in [-0.05, 0) is 23.3 Å². The van der Waals surface area contributed by atoms with E-state index in [1.807, 2.05) is 66.7 Å². The maximum atomic E-state index is 12.8. The fourth-order valence-electron chi connectivity index (χ4n) is 2.93. The molecule has 4 rings (SSSR count). The highest BCUT2D eigenvalue weighted by Gasteiger charge is 2.29. The summed E-state index contributed by atoms with van der Waals surface area (Å²) in [5.74, 6) is 1.43. The van der Waals surface area contributed by atoms with Crippen LogP contribution in [0.2, 0.25) is 0 Å². The summed E-state index contributed by atoms with van der Waals surface area (Å²) in [7, 11) is 1.62. The van der Waals surface area contributed by atoms with Crippen LogP contribution in [0.1, 0.15) is 15.9 Å². The van der Waals surface area contributed by atoms with Crippen molar-refractivity contribution in [3.05, 3.63) is 89.7 Å². The minimum Gasteiger partial charge on any atom is -0.496 e. The van der Waals surface area contributed by atoms with Gasteiger partial charge < -0.3 is 9.47 Å². The number of methoxy groups -OCH3 is 1. The fraction of sp³-hybridized carbons (Fsp3) is 0.0455. The first-order chi connectivity index (χ1) is 12.3. The van der Waals surface area contributed by atoms with Gasteiger partial charge in [-0.3, -0.25) is 4.79 Å². The summed E-state index contributed by atoms with van der Waals surface area (Å²) in [6, 6.07) is 23.1. The molecular formula is C22H16O3. The molecule has 3 nitrogen and oxygen atoms in total. The van der Waals surface area contributed by atoms with Gasteiger partial charge in [-0.25, -0.2) is 0 Å². The van der Waals surface area contributed by atoms with E-state index >= 15 is 0 Å². The molecule has 0 aromatic heterocycles. The predicted molar refractivity (Wildman–Crippen MR) is 97.8 cm³/mol. The number of hydrogen-bond donors (Lipinski definition) is 0. The van der Waals surface area contributed by atoms with Gasteiger partial charge in [-0.2, -0.15) is 0 Å². The SMILES string of the molecule is COc1cc2c(cc1-c1ccccc1)C(=O)C(=Cc1ccccc1)O2. The lowest BCUT2D eigenvalue weighted by Crippen LogP contribution is -1.98. The Kier molecular flexibility index (Phi) is 3.82. The topological polar surface area (TPSA) is 35.5 Å². The van der Waals surface area contributed by atoms with Gasteiger partial charge in [0, 0.05) is 11.6 Å². The summed E-state index contributed by atoms with van der Waals surface area (Å²) in [5, 5.41) is 0. The zero-order valence-electron chi connectivity index (χ0n) is 13.7. The Hall–Kier alpha value is -3.33. The smallest absolute Gasteiger partial charge is 0.231 e. The summed E-state index contributed by atoms with van der Waals surface area (Å²) in [6.45, 7) is 0. The molecule has 1 aliphatic rings. The number of fused-ring (bicyclic) bond motifs is 1. The van der Waals surface area contributed by atoms with Gasteiger partial charge in [-0.1, -0.05) is 60.7 Å². The molecule has 3 heteroatoms. The van der Waals surface area contributed by atoms with Crippen LogP contribution in [0.5, 0.6) is 11.5 Å². The monoisotopic (exact) mass is 328 g/mol. The summed E-state index contributed by atoms with van der Waals surface area (Å²) in [5.41, 5.74) is 3.35. The van der Waals surface area contributed by atoms with Crippen molar-refractivity contribution in [2.75, 3.05) is 7.11 Å². The Bertz CT molecular complexity index is 957. The third-order valence-electron chi connectivity index (χ3n) is 4.17. The van der Waals surface area contributed by atoms with Crippen molar-refractivity contribution in [1.29, 1.82) is 0 Å². The van der Waals surface area contributed by atoms with E-state index in [2.05, 4.69) is 0 Å². The molecule has 1 aliphatic heterocycles. The van der Waals surface area contributed by atoms with E-state index in [0.29, 0.717) is 22.8 Å². The molecular weight excluding hydrogens is 312 g/mol. The molecule has 0 bridgehead atoms. The molecule has 0 saturated heterocycles. The highest BCUT2D eigenvalue weighted by Crippen LogP contribution is 2.41. The zero-order valence-corrected chi connectivity index (χ0v) is 13.7. The maximum Gasteiger partial charge on any atom is 0.231 e. The van der Waals surface area contributed by atoms with Crippen molar-refractivity contribution >= 4 is 11.9 Å². The van der Waals surface area contributed by atoms with Crippen LogP contribution in [-0.2, 0) is 0 Å². The Morgan fingerprint density at radius 1 is 0.880 bits per heavy atom. The van der Waals surface area contributed by atoms with Gasteiger partial charge in [0.25, 0.3) is 0 Å². The number of rotatable bonds is 3. The minimum absolute atomic E-state index is 0.112. The van der Waals surface area contributed by atoms with E-state index in [4.69, 9.17) is 9.47 Å². The Balaban J connectivity index is 1.78. The summed E-state index contributed by atoms with van der Waals surface area (Å²) < 4.78 is 11.3. The largest absolute Gasteiger partial charge is 0.496 e. The Morgan fingerprint density at radius 3 is 2.24 bits per heavy atom. The van der Waals surface area contributed by atoms with E-state index in [1.165, 1.54) is 0 Å². The highest BCUT2D eigenvalue weighted by molar-refractivity contribution is 6.15. The number of Topliss-reactive ketones (excluding diaryl/α,β-unsaturated/α-hetero) is 1. The van der Waals surface area contributed by atoms with Crippen molar-refractivity contribution in [3.63, 3.8) is 0 Å². The second kappa shape index (κ2) is 6.29. The van der Waals surface area contributed by atoms with Crippen LogP contribution in [0.15, 0.2) is 78.6 Å². The van der Waals surface area contributed by atoms with Crippen molar-refractivity contribution in [1.82, 2.24) is 0 Å². The predicted octanol–water partition coefficient (Wildman–Crippen LogP) is 4.98. The normalized spacial score (nSPS) is 14.3. The number of allylic oxidation sites excluding steroid dienone is 1. The first kappa shape index (κ1) is 15.2. The molecule has 0 saturated carbocycles. The number of ketones is 1. The molecule has 25 heavy (non-hydrogen) atoms. The fourth-order valence-corrected chi connectivity index (χ4v) is 2.93. The van der Waals surface area contributed by atoms with Crippen LogP contribution in [-0.4, -0.2) is 12.9 Å². The molecule has 0 unspecified atom stereocenters. The standard InChI is InChI=1S/C22H16O3/c1-24-19-14-20-18(13-17(19)16-10-6-3-7-11-16)22(23)21(25-20)12-15-8-4-2-5-9-15/h2-14H,1H3. The Labute approximate surface area is 146 Å². The molecule has 0 atom stereocenters. The summed E-state index contributed by atoms with van der Waals surface area (Å²) in [6.07, 6.45) is 1.76. The molecule has 122 valence electrons. The van der Waals surface area contributed by atoms with E-state index < -0.39 is 0 Å². The molecule has 1 heterocycles. The molecule has 3 aromatic rings. The van der Waals surface area contributed by atoms with Crippen molar-refractivity contribution in [2.24, 2.45) is 0 Å². The number of carbonyl (C=O) groups is 1. The first-order valence-corrected chi connectivity index (χ1v) is 8.03. The van der Waals surface area contributed by atoms with Crippen LogP contribution in [0, 0.1) is 0 Å². The van der Waals surface area contributed by atoms with E-state index in [9.17, 15) is 4.79 Å². The first-order valence-electron chi connectivity index (χ1n) is 8.03. The van der Waals surface area contributed by atoms with Crippen LogP contribution in [0.3, 0.4) is 0 Å². The summed E-state index contributed by atoms with van der Waals surface area (Å²) >= 11 is 0. The number of benzene rings is 3. The van der Waals surface area contributed by atoms with Crippen LogP contribution in [0.4, 0.5) is 0 Å². The lowest BCUT2D eigenvalue weighted by Gasteiger charge is -2.10. The molecule has 0 aliphatic carbocycles. The number of ether oxygens (including phenoxy) is 2. The van der Waals surface area contributed by atoms with Gasteiger partial charge in [0.1, 0.15) is 11.5 Å². The van der Waals surface area contributed by atoms with E-state index in [-0.39, 0.29) is 5.78 Å². The van der Waals surface area contributed by atoms with Gasteiger partial charge in [-0.15, -0.1) is 0 Å². The quantitative estimate of drug-likeness (QED) is 0.636. The second-order valence-corrected chi connectivity index (χ2v) is 5.77. The van der Waals surface area contributed by atoms with Gasteiger partial charge in [0.05, 0.1) is 12.7 Å². The van der Waals surface area contributed by atoms with Gasteiger partial charge >= 0.3 is 0 Å². The molecule has 3 aromatic carbocycles. The van der Waals surface area contributed by atoms with E-state index in [0.717, 1.165) is 16.7 Å². The molecule has 0 fully saturated rings. The zero-order chi connectivity index (χ0) is 17.2. The summed E-state index contributed by atoms with van der Waals surface area (Å²) in [4.78, 5) is 12.8. The third kappa shape index (κ3) is 2.81. The molecule has 0 N–H and O–H groups in total. The maximum absolute atomic E-state index is 12.8. The van der Waals surface area contributed by atoms with Crippen molar-refractivity contribution in [3.8, 4) is 22.6 Å². The van der Waals surface area contributed by atoms with Crippen molar-refractivity contribution < 1.29 is 14.3 Å². The van der Waals surface area contributed by atoms with E-state index in [1.54, 1.807) is 19.3 Å². The van der Waals surface area contributed by atoms with Crippen molar-refractivity contribution in [2.45, 2.75) is 0 Å². The highest BCUT2D eigenvalue weighted by atomic mass is 16.5. The number of carbonyl (C=O) groups excluding carboxylic acids is 1. The average Bonchev–Trinajstić information content (AvgIpc) is 2.97. The average molecular weight is 328 g/mol. The van der Waals surface area contributed by atoms with Gasteiger partial charge in [0.15, 0.2) is 5.76 Å². The second-order valence-electron chi connectivity index (χ2n) is 5.77. The van der Waals surface area contributed by atoms with Crippen LogP contribution < -0.4 is 9.47 Å². The molecule has 0 amide bonds. The molecule has 0 spiro atoms. The minimum atomic E-state index is -0.112. The molecule has 0 radical (unpaired) electrons. The number of hydrogen-bond acceptors (Lipinski definition) is 3. The van der Waals surface area contributed by atoms with Crippen LogP contribution in [0.25, 0.3) is 17.2 Å². The lowest BCUT2D eigenvalue weighted by atomic mass is 9.99. The third-order valence-corrected chi connectivity index (χ3v) is 4.17. The van der Waals surface area contributed by atoms with Crippen LogP contribution >= 0.6 is 0 Å². The Morgan fingerprint density at radius 2 is 1.56 bits per heavy atom. The van der Waals surface area contributed by atoms with Gasteiger partial charge in [0.2, 0.25) is 5.78 Å².